The summed E-state index contributed by atoms with van der Waals surface area (Å²) in [6.07, 6.45) is 0.898. The number of carbonyl (C=O) groups is 2. The van der Waals surface area contributed by atoms with Crippen LogP contribution in [0, 0.1) is 6.92 Å². The Morgan fingerprint density at radius 1 is 0.931 bits per heavy atom. The van der Waals surface area contributed by atoms with Crippen LogP contribution in [0.25, 0.3) is 0 Å². The molecule has 0 bridgehead atoms. The molecular formula is C22H23N5O2. The van der Waals surface area contributed by atoms with Gasteiger partial charge in [0.25, 0.3) is 5.91 Å². The third kappa shape index (κ3) is 5.16. The molecule has 0 aliphatic heterocycles. The van der Waals surface area contributed by atoms with Crippen LogP contribution in [0.1, 0.15) is 35.5 Å². The van der Waals surface area contributed by atoms with E-state index in [9.17, 15) is 9.59 Å². The van der Waals surface area contributed by atoms with E-state index < -0.39 is 0 Å². The number of aryl methyl sites for hydroxylation is 2. The molecule has 0 saturated carbocycles. The average Bonchev–Trinajstić information content (AvgIpc) is 2.69. The van der Waals surface area contributed by atoms with Gasteiger partial charge in [-0.3, -0.25) is 9.59 Å². The number of hydrogen-bond donors (Lipinski definition) is 3. The third-order valence-electron chi connectivity index (χ3n) is 4.33. The van der Waals surface area contributed by atoms with Gasteiger partial charge in [-0.2, -0.15) is 0 Å². The largest absolute Gasteiger partial charge is 0.338 e. The number of rotatable bonds is 6. The second kappa shape index (κ2) is 8.97. The lowest BCUT2D eigenvalue weighted by molar-refractivity contribution is -0.114. The number of nitrogens with zero attached hydrogens (tertiary/aromatic N) is 2. The first-order chi connectivity index (χ1) is 14.0. The lowest BCUT2D eigenvalue weighted by Gasteiger charge is -2.13. The Labute approximate surface area is 169 Å². The second-order valence-corrected chi connectivity index (χ2v) is 6.61. The van der Waals surface area contributed by atoms with Crippen LogP contribution < -0.4 is 16.0 Å². The number of aromatic nitrogens is 2. The Morgan fingerprint density at radius 2 is 1.66 bits per heavy atom. The zero-order valence-electron chi connectivity index (χ0n) is 16.6. The number of hydrogen-bond acceptors (Lipinski definition) is 5. The topological polar surface area (TPSA) is 96.0 Å². The lowest BCUT2D eigenvalue weighted by Crippen LogP contribution is -2.15. The van der Waals surface area contributed by atoms with Crippen molar-refractivity contribution in [3.8, 4) is 0 Å². The molecule has 7 heteroatoms. The van der Waals surface area contributed by atoms with Crippen molar-refractivity contribution in [3.05, 3.63) is 71.4 Å². The van der Waals surface area contributed by atoms with Crippen LogP contribution in [0.2, 0.25) is 0 Å². The van der Waals surface area contributed by atoms with Crippen LogP contribution in [-0.2, 0) is 11.2 Å². The minimum atomic E-state index is -0.380. The molecule has 3 rings (SSSR count). The van der Waals surface area contributed by atoms with Crippen LogP contribution >= 0.6 is 0 Å². The summed E-state index contributed by atoms with van der Waals surface area (Å²) in [6.45, 7) is 5.56. The van der Waals surface area contributed by atoms with Gasteiger partial charge in [-0.15, -0.1) is 10.2 Å². The first kappa shape index (κ1) is 20.0. The molecule has 2 aromatic carbocycles. The minimum Gasteiger partial charge on any atom is -0.338 e. The van der Waals surface area contributed by atoms with E-state index in [4.69, 9.17) is 0 Å². The van der Waals surface area contributed by atoms with E-state index >= 15 is 0 Å². The Bertz CT molecular complexity index is 1030. The van der Waals surface area contributed by atoms with Crippen molar-refractivity contribution in [1.82, 2.24) is 10.2 Å². The van der Waals surface area contributed by atoms with Crippen LogP contribution in [0.15, 0.2) is 54.6 Å². The minimum absolute atomic E-state index is 0.178. The lowest BCUT2D eigenvalue weighted by atomic mass is 10.1. The maximum atomic E-state index is 12.5. The molecule has 0 aliphatic carbocycles. The van der Waals surface area contributed by atoms with Crippen molar-refractivity contribution in [1.29, 1.82) is 0 Å². The van der Waals surface area contributed by atoms with E-state index in [0.29, 0.717) is 17.2 Å². The number of benzene rings is 2. The second-order valence-electron chi connectivity index (χ2n) is 6.61. The summed E-state index contributed by atoms with van der Waals surface area (Å²) in [5.41, 5.74) is 4.67. The Hall–Kier alpha value is -3.74. The van der Waals surface area contributed by atoms with Crippen molar-refractivity contribution >= 4 is 34.7 Å². The molecule has 3 aromatic rings. The van der Waals surface area contributed by atoms with Crippen molar-refractivity contribution in [2.45, 2.75) is 27.2 Å². The molecule has 0 spiro atoms. The Morgan fingerprint density at radius 3 is 2.31 bits per heavy atom. The molecule has 0 fully saturated rings. The highest BCUT2D eigenvalue weighted by Crippen LogP contribution is 2.24. The zero-order valence-corrected chi connectivity index (χ0v) is 16.6. The first-order valence-corrected chi connectivity index (χ1v) is 9.34. The summed E-state index contributed by atoms with van der Waals surface area (Å²) < 4.78 is 0. The monoisotopic (exact) mass is 389 g/mol. The van der Waals surface area contributed by atoms with Gasteiger partial charge in [-0.1, -0.05) is 31.2 Å². The van der Waals surface area contributed by atoms with Crippen molar-refractivity contribution < 1.29 is 9.59 Å². The molecule has 1 heterocycles. The van der Waals surface area contributed by atoms with Crippen LogP contribution in [0.5, 0.6) is 0 Å². The van der Waals surface area contributed by atoms with E-state index in [2.05, 4.69) is 39.1 Å². The van der Waals surface area contributed by atoms with E-state index in [1.807, 2.05) is 19.1 Å². The van der Waals surface area contributed by atoms with Crippen molar-refractivity contribution in [2.24, 2.45) is 0 Å². The fourth-order valence-corrected chi connectivity index (χ4v) is 2.92. The molecule has 2 amide bonds. The number of carbonyl (C=O) groups excluding carboxylic acids is 2. The summed E-state index contributed by atoms with van der Waals surface area (Å²) in [7, 11) is 0. The molecular weight excluding hydrogens is 366 g/mol. The maximum absolute atomic E-state index is 12.5. The third-order valence-corrected chi connectivity index (χ3v) is 4.33. The van der Waals surface area contributed by atoms with Gasteiger partial charge >= 0.3 is 0 Å². The van der Waals surface area contributed by atoms with E-state index in [-0.39, 0.29) is 17.5 Å². The average molecular weight is 389 g/mol. The van der Waals surface area contributed by atoms with Crippen LogP contribution in [0.3, 0.4) is 0 Å². The summed E-state index contributed by atoms with van der Waals surface area (Å²) in [5, 5.41) is 16.9. The van der Waals surface area contributed by atoms with Crippen LogP contribution in [0.4, 0.5) is 22.9 Å². The Kier molecular flexibility index (Phi) is 6.19. The highest BCUT2D eigenvalue weighted by molar-refractivity contribution is 6.03. The zero-order chi connectivity index (χ0) is 20.8. The standard InChI is InChI=1S/C22H23N5O2/c1-4-16-8-5-7-14(2)21(16)25-20-12-11-19(26-27-20)22(29)24-18-10-6-9-17(13-18)23-15(3)28/h5-13H,4H2,1-3H3,(H,23,28)(H,24,29)(H,25,27). The molecule has 0 aliphatic rings. The molecule has 29 heavy (non-hydrogen) atoms. The van der Waals surface area contributed by atoms with Gasteiger partial charge in [0.15, 0.2) is 11.5 Å². The molecule has 0 atom stereocenters. The van der Waals surface area contributed by atoms with Gasteiger partial charge < -0.3 is 16.0 Å². The molecule has 1 aromatic heterocycles. The van der Waals surface area contributed by atoms with Crippen LogP contribution in [-0.4, -0.2) is 22.0 Å². The SMILES string of the molecule is CCc1cccc(C)c1Nc1ccc(C(=O)Nc2cccc(NC(C)=O)c2)nn1. The molecule has 0 unspecified atom stereocenters. The molecule has 0 saturated heterocycles. The molecule has 3 N–H and O–H groups in total. The van der Waals surface area contributed by atoms with Crippen molar-refractivity contribution in [3.63, 3.8) is 0 Å². The molecule has 148 valence electrons. The fourth-order valence-electron chi connectivity index (χ4n) is 2.92. The summed E-state index contributed by atoms with van der Waals surface area (Å²) >= 11 is 0. The number of nitrogens with one attached hydrogen (secondary N) is 3. The van der Waals surface area contributed by atoms with Gasteiger partial charge in [0.05, 0.1) is 0 Å². The fraction of sp³-hybridized carbons (Fsp3) is 0.182. The predicted molar refractivity (Wildman–Crippen MR) is 115 cm³/mol. The molecule has 7 nitrogen and oxygen atoms in total. The van der Waals surface area contributed by atoms with E-state index in [1.165, 1.54) is 12.5 Å². The quantitative estimate of drug-likeness (QED) is 0.584. The van der Waals surface area contributed by atoms with Gasteiger partial charge in [0.1, 0.15) is 0 Å². The maximum Gasteiger partial charge on any atom is 0.276 e. The smallest absolute Gasteiger partial charge is 0.276 e. The van der Waals surface area contributed by atoms with Gasteiger partial charge in [0, 0.05) is 24.0 Å². The van der Waals surface area contributed by atoms with E-state index in [0.717, 1.165) is 17.7 Å². The highest BCUT2D eigenvalue weighted by Gasteiger charge is 2.11. The van der Waals surface area contributed by atoms with Gasteiger partial charge in [-0.05, 0) is 54.8 Å². The summed E-state index contributed by atoms with van der Waals surface area (Å²) in [4.78, 5) is 23.6. The molecule has 0 radical (unpaired) electrons. The predicted octanol–water partition coefficient (Wildman–Crippen LogP) is 4.30. The first-order valence-electron chi connectivity index (χ1n) is 9.34. The van der Waals surface area contributed by atoms with Gasteiger partial charge in [-0.25, -0.2) is 0 Å². The van der Waals surface area contributed by atoms with Crippen molar-refractivity contribution in [2.75, 3.05) is 16.0 Å². The summed E-state index contributed by atoms with van der Waals surface area (Å²) in [6, 6.07) is 16.4. The number of para-hydroxylation sites is 1. The van der Waals surface area contributed by atoms with Gasteiger partial charge in [0.2, 0.25) is 5.91 Å². The van der Waals surface area contributed by atoms with E-state index in [1.54, 1.807) is 36.4 Å². The highest BCUT2D eigenvalue weighted by atomic mass is 16.2. The normalized spacial score (nSPS) is 10.3. The number of anilines is 4. The Balaban J connectivity index is 1.70. The number of amides is 2. The summed E-state index contributed by atoms with van der Waals surface area (Å²) in [5.74, 6) is 0.00897.